The maximum Gasteiger partial charge on any atom is 0.256 e. The largest absolute Gasteiger partial charge is 0.307 e. The summed E-state index contributed by atoms with van der Waals surface area (Å²) in [5.41, 5.74) is 1.94. The first-order valence-electron chi connectivity index (χ1n) is 5.66. The average molecular weight is 323 g/mol. The van der Waals surface area contributed by atoms with Crippen LogP contribution in [0, 0.1) is 19.7 Å². The van der Waals surface area contributed by atoms with Gasteiger partial charge in [-0.1, -0.05) is 0 Å². The Morgan fingerprint density at radius 3 is 2.63 bits per heavy atom. The van der Waals surface area contributed by atoms with E-state index in [0.717, 1.165) is 10.0 Å². The summed E-state index contributed by atoms with van der Waals surface area (Å²) >= 11 is 3.33. The van der Waals surface area contributed by atoms with Gasteiger partial charge in [-0.2, -0.15) is 0 Å². The van der Waals surface area contributed by atoms with Gasteiger partial charge in [0.15, 0.2) is 0 Å². The molecular weight excluding hydrogens is 311 g/mol. The molecule has 98 valence electrons. The molecule has 3 nitrogen and oxygen atoms in total. The molecule has 1 N–H and O–H groups in total. The van der Waals surface area contributed by atoms with Crippen LogP contribution in [0.2, 0.25) is 0 Å². The molecule has 1 aromatic carbocycles. The number of amides is 1. The number of halogens is 2. The standard InChI is InChI=1S/C14H12BrFN2O/c1-8-3-10(6-11(16)4-8)14(19)18-13-5-9(2)12(15)7-17-13/h3-7H,1-2H3,(H,17,18,19). The van der Waals surface area contributed by atoms with Crippen molar-refractivity contribution in [3.05, 3.63) is 57.4 Å². The van der Waals surface area contributed by atoms with Crippen LogP contribution in [-0.4, -0.2) is 10.9 Å². The van der Waals surface area contributed by atoms with E-state index in [1.54, 1.807) is 25.3 Å². The van der Waals surface area contributed by atoms with E-state index in [0.29, 0.717) is 11.4 Å². The SMILES string of the molecule is Cc1cc(F)cc(C(=O)Nc2cc(C)c(Br)cn2)c1. The molecule has 0 atom stereocenters. The molecule has 19 heavy (non-hydrogen) atoms. The van der Waals surface area contributed by atoms with Crippen LogP contribution in [0.3, 0.4) is 0 Å². The lowest BCUT2D eigenvalue weighted by Crippen LogP contribution is -2.13. The van der Waals surface area contributed by atoms with E-state index >= 15 is 0 Å². The van der Waals surface area contributed by atoms with Crippen LogP contribution >= 0.6 is 15.9 Å². The van der Waals surface area contributed by atoms with Crippen molar-refractivity contribution in [2.75, 3.05) is 5.32 Å². The first-order valence-corrected chi connectivity index (χ1v) is 6.45. The van der Waals surface area contributed by atoms with Crippen LogP contribution in [0.1, 0.15) is 21.5 Å². The molecule has 0 saturated heterocycles. The fourth-order valence-corrected chi connectivity index (χ4v) is 1.88. The maximum absolute atomic E-state index is 13.2. The van der Waals surface area contributed by atoms with Crippen molar-refractivity contribution < 1.29 is 9.18 Å². The summed E-state index contributed by atoms with van der Waals surface area (Å²) in [6.45, 7) is 3.63. The number of hydrogen-bond donors (Lipinski definition) is 1. The summed E-state index contributed by atoms with van der Waals surface area (Å²) in [6.07, 6.45) is 1.61. The highest BCUT2D eigenvalue weighted by atomic mass is 79.9. The molecule has 1 heterocycles. The molecule has 0 bridgehead atoms. The molecule has 2 aromatic rings. The Morgan fingerprint density at radius 1 is 1.26 bits per heavy atom. The molecule has 0 fully saturated rings. The third-order valence-electron chi connectivity index (χ3n) is 2.59. The second-order valence-electron chi connectivity index (χ2n) is 4.29. The van der Waals surface area contributed by atoms with Crippen molar-refractivity contribution in [2.24, 2.45) is 0 Å². The zero-order chi connectivity index (χ0) is 14.0. The van der Waals surface area contributed by atoms with E-state index in [1.165, 1.54) is 12.1 Å². The zero-order valence-corrected chi connectivity index (χ0v) is 12.1. The van der Waals surface area contributed by atoms with Crippen LogP contribution in [0.15, 0.2) is 34.9 Å². The number of nitrogens with zero attached hydrogens (tertiary/aromatic N) is 1. The number of aryl methyl sites for hydroxylation is 2. The van der Waals surface area contributed by atoms with E-state index in [2.05, 4.69) is 26.2 Å². The van der Waals surface area contributed by atoms with Crippen LogP contribution < -0.4 is 5.32 Å². The molecule has 0 saturated carbocycles. The first-order chi connectivity index (χ1) is 8.95. The Balaban J connectivity index is 2.22. The van der Waals surface area contributed by atoms with Crippen molar-refractivity contribution in [1.82, 2.24) is 4.98 Å². The topological polar surface area (TPSA) is 42.0 Å². The monoisotopic (exact) mass is 322 g/mol. The zero-order valence-electron chi connectivity index (χ0n) is 10.5. The molecule has 5 heteroatoms. The Kier molecular flexibility index (Phi) is 3.95. The second kappa shape index (κ2) is 5.48. The van der Waals surface area contributed by atoms with Crippen molar-refractivity contribution in [1.29, 1.82) is 0 Å². The van der Waals surface area contributed by atoms with E-state index in [-0.39, 0.29) is 11.5 Å². The van der Waals surface area contributed by atoms with Crippen LogP contribution in [0.4, 0.5) is 10.2 Å². The molecule has 0 spiro atoms. The molecule has 0 radical (unpaired) electrons. The summed E-state index contributed by atoms with van der Waals surface area (Å²) in [5, 5.41) is 2.64. The van der Waals surface area contributed by atoms with Gasteiger partial charge in [-0.25, -0.2) is 9.37 Å². The predicted octanol–water partition coefficient (Wildman–Crippen LogP) is 3.85. The summed E-state index contributed by atoms with van der Waals surface area (Å²) in [7, 11) is 0. The number of rotatable bonds is 2. The third kappa shape index (κ3) is 3.38. The van der Waals surface area contributed by atoms with Gasteiger partial charge >= 0.3 is 0 Å². The molecule has 1 aromatic heterocycles. The fraction of sp³-hybridized carbons (Fsp3) is 0.143. The minimum absolute atomic E-state index is 0.278. The van der Waals surface area contributed by atoms with Crippen molar-refractivity contribution in [3.8, 4) is 0 Å². The summed E-state index contributed by atoms with van der Waals surface area (Å²) in [4.78, 5) is 16.1. The lowest BCUT2D eigenvalue weighted by molar-refractivity contribution is 0.102. The smallest absolute Gasteiger partial charge is 0.256 e. The minimum Gasteiger partial charge on any atom is -0.307 e. The van der Waals surface area contributed by atoms with E-state index in [1.807, 2.05) is 6.92 Å². The lowest BCUT2D eigenvalue weighted by atomic mass is 10.1. The van der Waals surface area contributed by atoms with Crippen LogP contribution in [0.5, 0.6) is 0 Å². The quantitative estimate of drug-likeness (QED) is 0.912. The number of hydrogen-bond acceptors (Lipinski definition) is 2. The third-order valence-corrected chi connectivity index (χ3v) is 3.42. The van der Waals surface area contributed by atoms with Crippen LogP contribution in [-0.2, 0) is 0 Å². The highest BCUT2D eigenvalue weighted by Gasteiger charge is 2.09. The first kappa shape index (κ1) is 13.7. The van der Waals surface area contributed by atoms with Gasteiger partial charge in [0.25, 0.3) is 5.91 Å². The highest BCUT2D eigenvalue weighted by Crippen LogP contribution is 2.18. The molecule has 1 amide bonds. The fourth-order valence-electron chi connectivity index (χ4n) is 1.66. The van der Waals surface area contributed by atoms with E-state index in [9.17, 15) is 9.18 Å². The number of carbonyl (C=O) groups excluding carboxylic acids is 1. The molecule has 0 aliphatic carbocycles. The van der Waals surface area contributed by atoms with Crippen molar-refractivity contribution in [2.45, 2.75) is 13.8 Å². The van der Waals surface area contributed by atoms with Gasteiger partial charge in [-0.3, -0.25) is 4.79 Å². The van der Waals surface area contributed by atoms with E-state index in [4.69, 9.17) is 0 Å². The Labute approximate surface area is 119 Å². The van der Waals surface area contributed by atoms with Gasteiger partial charge in [0.1, 0.15) is 11.6 Å². The average Bonchev–Trinajstić information content (AvgIpc) is 2.32. The van der Waals surface area contributed by atoms with Gasteiger partial charge in [0, 0.05) is 16.2 Å². The van der Waals surface area contributed by atoms with Gasteiger partial charge in [0.05, 0.1) is 0 Å². The molecule has 0 aliphatic rings. The Hall–Kier alpha value is -1.75. The number of pyridine rings is 1. The summed E-state index contributed by atoms with van der Waals surface area (Å²) in [5.74, 6) is -0.366. The number of nitrogens with one attached hydrogen (secondary N) is 1. The number of aromatic nitrogens is 1. The lowest BCUT2D eigenvalue weighted by Gasteiger charge is -2.07. The van der Waals surface area contributed by atoms with Crippen LogP contribution in [0.25, 0.3) is 0 Å². The van der Waals surface area contributed by atoms with Gasteiger partial charge in [0.2, 0.25) is 0 Å². The number of benzene rings is 1. The predicted molar refractivity (Wildman–Crippen MR) is 75.8 cm³/mol. The van der Waals surface area contributed by atoms with E-state index < -0.39 is 5.82 Å². The number of anilines is 1. The molecule has 0 aliphatic heterocycles. The number of carbonyl (C=O) groups is 1. The van der Waals surface area contributed by atoms with Crippen molar-refractivity contribution >= 4 is 27.7 Å². The normalized spacial score (nSPS) is 10.3. The van der Waals surface area contributed by atoms with Gasteiger partial charge in [-0.15, -0.1) is 0 Å². The summed E-state index contributed by atoms with van der Waals surface area (Å²) < 4.78 is 14.1. The summed E-state index contributed by atoms with van der Waals surface area (Å²) in [6, 6.07) is 5.95. The van der Waals surface area contributed by atoms with Gasteiger partial charge in [-0.05, 0) is 65.2 Å². The Bertz CT molecular complexity index is 623. The minimum atomic E-state index is -0.426. The van der Waals surface area contributed by atoms with Crippen molar-refractivity contribution in [3.63, 3.8) is 0 Å². The maximum atomic E-state index is 13.2. The Morgan fingerprint density at radius 2 is 2.00 bits per heavy atom. The van der Waals surface area contributed by atoms with Gasteiger partial charge < -0.3 is 5.32 Å². The molecule has 0 unspecified atom stereocenters. The highest BCUT2D eigenvalue weighted by molar-refractivity contribution is 9.10. The second-order valence-corrected chi connectivity index (χ2v) is 5.14. The molecular formula is C14H12BrFN2O. The molecule has 2 rings (SSSR count).